The number of halogens is 3. The standard InChI is InChI=1S/C18H19Br3N2O2/c1-11(18(25)12-6-4-3-5-7-12)23(2)10-16(24)22-17-14(20)8-13(19)9-15(17)21/h3-9,11,18,25H,10H2,1-2H3,(H,22,24)/t11-,18+/m0/s1. The summed E-state index contributed by atoms with van der Waals surface area (Å²) in [6.45, 7) is 2.07. The highest BCUT2D eigenvalue weighted by Crippen LogP contribution is 2.34. The second kappa shape index (κ2) is 9.28. The van der Waals surface area contributed by atoms with Crippen LogP contribution in [0.2, 0.25) is 0 Å². The van der Waals surface area contributed by atoms with Gasteiger partial charge in [-0.3, -0.25) is 9.69 Å². The maximum atomic E-state index is 12.4. The molecule has 1 amide bonds. The molecule has 0 aliphatic carbocycles. The van der Waals surface area contributed by atoms with E-state index in [2.05, 4.69) is 53.1 Å². The number of hydrogen-bond acceptors (Lipinski definition) is 3. The van der Waals surface area contributed by atoms with Crippen LogP contribution in [0.1, 0.15) is 18.6 Å². The lowest BCUT2D eigenvalue weighted by Gasteiger charge is -2.28. The smallest absolute Gasteiger partial charge is 0.238 e. The van der Waals surface area contributed by atoms with E-state index in [1.807, 2.05) is 61.3 Å². The quantitative estimate of drug-likeness (QED) is 0.550. The van der Waals surface area contributed by atoms with Crippen molar-refractivity contribution in [1.82, 2.24) is 4.90 Å². The fourth-order valence-corrected chi connectivity index (χ4v) is 4.84. The summed E-state index contributed by atoms with van der Waals surface area (Å²) in [7, 11) is 1.82. The lowest BCUT2D eigenvalue weighted by atomic mass is 10.0. The van der Waals surface area contributed by atoms with Gasteiger partial charge in [0.2, 0.25) is 5.91 Å². The van der Waals surface area contributed by atoms with E-state index in [-0.39, 0.29) is 18.5 Å². The van der Waals surface area contributed by atoms with Crippen molar-refractivity contribution in [2.24, 2.45) is 0 Å². The average molecular weight is 535 g/mol. The van der Waals surface area contributed by atoms with Crippen LogP contribution in [-0.2, 0) is 4.79 Å². The number of nitrogens with zero attached hydrogens (tertiary/aromatic N) is 1. The van der Waals surface area contributed by atoms with E-state index in [1.54, 1.807) is 0 Å². The summed E-state index contributed by atoms with van der Waals surface area (Å²) < 4.78 is 2.46. The molecule has 0 saturated heterocycles. The third-order valence-electron chi connectivity index (χ3n) is 3.96. The molecule has 25 heavy (non-hydrogen) atoms. The molecule has 2 aromatic carbocycles. The third-order valence-corrected chi connectivity index (χ3v) is 5.67. The molecule has 2 rings (SSSR count). The molecular formula is C18H19Br3N2O2. The summed E-state index contributed by atoms with van der Waals surface area (Å²) in [5, 5.41) is 13.4. The van der Waals surface area contributed by atoms with Crippen LogP contribution in [-0.4, -0.2) is 35.5 Å². The van der Waals surface area contributed by atoms with Crippen LogP contribution in [0.4, 0.5) is 5.69 Å². The summed E-state index contributed by atoms with van der Waals surface area (Å²) >= 11 is 10.3. The number of anilines is 1. The molecular weight excluding hydrogens is 516 g/mol. The molecule has 0 unspecified atom stereocenters. The molecule has 2 aromatic rings. The minimum Gasteiger partial charge on any atom is -0.387 e. The Balaban J connectivity index is 2.00. The third kappa shape index (κ3) is 5.62. The van der Waals surface area contributed by atoms with Gasteiger partial charge in [0, 0.05) is 19.5 Å². The van der Waals surface area contributed by atoms with Crippen LogP contribution in [0.3, 0.4) is 0 Å². The number of likely N-dealkylation sites (N-methyl/N-ethyl adjacent to an activating group) is 1. The van der Waals surface area contributed by atoms with E-state index < -0.39 is 6.10 Å². The summed E-state index contributed by atoms with van der Waals surface area (Å²) in [6, 6.07) is 13.0. The second-order valence-electron chi connectivity index (χ2n) is 5.80. The second-order valence-corrected chi connectivity index (χ2v) is 8.43. The van der Waals surface area contributed by atoms with Crippen LogP contribution < -0.4 is 5.32 Å². The first-order chi connectivity index (χ1) is 11.8. The lowest BCUT2D eigenvalue weighted by Crippen LogP contribution is -2.39. The van der Waals surface area contributed by atoms with E-state index in [4.69, 9.17) is 0 Å². The molecule has 4 nitrogen and oxygen atoms in total. The van der Waals surface area contributed by atoms with Crippen molar-refractivity contribution in [1.29, 1.82) is 0 Å². The van der Waals surface area contributed by atoms with Gasteiger partial charge in [-0.15, -0.1) is 0 Å². The Bertz CT molecular complexity index is 717. The Kier molecular flexibility index (Phi) is 7.64. The lowest BCUT2D eigenvalue weighted by molar-refractivity contribution is -0.117. The molecule has 0 aliphatic heterocycles. The van der Waals surface area contributed by atoms with Crippen LogP contribution in [0, 0.1) is 0 Å². The molecule has 0 saturated carbocycles. The molecule has 0 heterocycles. The normalized spacial score (nSPS) is 13.6. The number of nitrogens with one attached hydrogen (secondary N) is 1. The van der Waals surface area contributed by atoms with Gasteiger partial charge in [-0.25, -0.2) is 0 Å². The predicted octanol–water partition coefficient (Wildman–Crippen LogP) is 4.97. The molecule has 0 radical (unpaired) electrons. The number of amides is 1. The first-order valence-corrected chi connectivity index (χ1v) is 10.0. The van der Waals surface area contributed by atoms with Crippen LogP contribution in [0.25, 0.3) is 0 Å². The van der Waals surface area contributed by atoms with Crippen molar-refractivity contribution in [3.05, 3.63) is 61.4 Å². The highest BCUT2D eigenvalue weighted by Gasteiger charge is 2.22. The summed E-state index contributed by atoms with van der Waals surface area (Å²) in [5.41, 5.74) is 1.51. The van der Waals surface area contributed by atoms with Gasteiger partial charge in [0.15, 0.2) is 0 Å². The summed E-state index contributed by atoms with van der Waals surface area (Å²) in [4.78, 5) is 14.2. The van der Waals surface area contributed by atoms with Gasteiger partial charge in [0.25, 0.3) is 0 Å². The van der Waals surface area contributed by atoms with Gasteiger partial charge >= 0.3 is 0 Å². The van der Waals surface area contributed by atoms with Crippen molar-refractivity contribution in [2.75, 3.05) is 18.9 Å². The number of benzene rings is 2. The van der Waals surface area contributed by atoms with E-state index in [1.165, 1.54) is 0 Å². The Morgan fingerprint density at radius 1 is 1.16 bits per heavy atom. The van der Waals surface area contributed by atoms with Crippen LogP contribution >= 0.6 is 47.8 Å². The molecule has 0 bridgehead atoms. The zero-order chi connectivity index (χ0) is 18.6. The first-order valence-electron chi connectivity index (χ1n) is 7.67. The van der Waals surface area contributed by atoms with E-state index >= 15 is 0 Å². The summed E-state index contributed by atoms with van der Waals surface area (Å²) in [5.74, 6) is -0.154. The topological polar surface area (TPSA) is 52.6 Å². The first kappa shape index (κ1) is 20.6. The zero-order valence-corrected chi connectivity index (χ0v) is 18.6. The zero-order valence-electron chi connectivity index (χ0n) is 13.8. The van der Waals surface area contributed by atoms with Crippen molar-refractivity contribution in [2.45, 2.75) is 19.1 Å². The SMILES string of the molecule is C[C@@H]([C@@H](O)c1ccccc1)N(C)CC(=O)Nc1c(Br)cc(Br)cc1Br. The Labute approximate surface area is 173 Å². The highest BCUT2D eigenvalue weighted by molar-refractivity contribution is 9.11. The number of carbonyl (C=O) groups is 1. The fourth-order valence-electron chi connectivity index (χ4n) is 2.38. The van der Waals surface area contributed by atoms with E-state index in [9.17, 15) is 9.90 Å². The Morgan fingerprint density at radius 3 is 2.28 bits per heavy atom. The van der Waals surface area contributed by atoms with Gasteiger partial charge < -0.3 is 10.4 Å². The Morgan fingerprint density at radius 2 is 1.72 bits per heavy atom. The minimum absolute atomic E-state index is 0.154. The van der Waals surface area contributed by atoms with E-state index in [0.29, 0.717) is 5.69 Å². The largest absolute Gasteiger partial charge is 0.387 e. The van der Waals surface area contributed by atoms with Crippen LogP contribution in [0.5, 0.6) is 0 Å². The number of rotatable bonds is 6. The van der Waals surface area contributed by atoms with Crippen molar-refractivity contribution < 1.29 is 9.90 Å². The average Bonchev–Trinajstić information content (AvgIpc) is 2.57. The monoisotopic (exact) mass is 532 g/mol. The van der Waals surface area contributed by atoms with Gasteiger partial charge in [-0.05, 0) is 63.5 Å². The molecule has 2 N–H and O–H groups in total. The van der Waals surface area contributed by atoms with Gasteiger partial charge in [-0.2, -0.15) is 0 Å². The van der Waals surface area contributed by atoms with Crippen molar-refractivity contribution >= 4 is 59.4 Å². The maximum absolute atomic E-state index is 12.4. The minimum atomic E-state index is -0.662. The van der Waals surface area contributed by atoms with Gasteiger partial charge in [-0.1, -0.05) is 46.3 Å². The number of aliphatic hydroxyl groups is 1. The van der Waals surface area contributed by atoms with Crippen molar-refractivity contribution in [3.8, 4) is 0 Å². The van der Waals surface area contributed by atoms with Gasteiger partial charge in [0.1, 0.15) is 0 Å². The fraction of sp³-hybridized carbons (Fsp3) is 0.278. The molecule has 0 aromatic heterocycles. The van der Waals surface area contributed by atoms with Gasteiger partial charge in [0.05, 0.1) is 18.3 Å². The Hall–Kier alpha value is -0.730. The highest BCUT2D eigenvalue weighted by atomic mass is 79.9. The molecule has 7 heteroatoms. The number of carbonyl (C=O) groups excluding carboxylic acids is 1. The molecule has 0 spiro atoms. The van der Waals surface area contributed by atoms with Crippen molar-refractivity contribution in [3.63, 3.8) is 0 Å². The van der Waals surface area contributed by atoms with E-state index in [0.717, 1.165) is 19.0 Å². The van der Waals surface area contributed by atoms with Crippen LogP contribution in [0.15, 0.2) is 55.9 Å². The number of hydrogen-bond donors (Lipinski definition) is 2. The molecule has 0 fully saturated rings. The molecule has 0 aliphatic rings. The number of aliphatic hydroxyl groups excluding tert-OH is 1. The maximum Gasteiger partial charge on any atom is 0.238 e. The predicted molar refractivity (Wildman–Crippen MR) is 112 cm³/mol. The molecule has 2 atom stereocenters. The molecule has 134 valence electrons. The summed E-state index contributed by atoms with van der Waals surface area (Å²) in [6.07, 6.45) is -0.662.